The molecule has 0 saturated heterocycles. The Balaban J connectivity index is 2.37. The Morgan fingerprint density at radius 3 is 2.32 bits per heavy atom. The fourth-order valence-electron chi connectivity index (χ4n) is 2.06. The van der Waals surface area contributed by atoms with E-state index in [4.69, 9.17) is 10.00 Å². The maximum atomic E-state index is 8.93. The number of hydrogen-bond acceptors (Lipinski definition) is 2. The molecule has 0 aromatic heterocycles. The molecule has 0 atom stereocenters. The number of benzene rings is 2. The number of nitrogens with zero attached hydrogens (tertiary/aromatic N) is 1. The smallest absolute Gasteiger partial charge is 0.130 e. The first-order valence-corrected chi connectivity index (χ1v) is 6.27. The zero-order chi connectivity index (χ0) is 14.0. The first-order valence-electron chi connectivity index (χ1n) is 6.27. The summed E-state index contributed by atoms with van der Waals surface area (Å²) in [5, 5.41) is 8.93. The number of nitriles is 1. The SMILES string of the molecule is Cc1cc(C)c(C)c(Oc2ccc(C#N)c(C)c2)c1. The van der Waals surface area contributed by atoms with Crippen LogP contribution in [0.4, 0.5) is 0 Å². The van der Waals surface area contributed by atoms with Gasteiger partial charge in [-0.25, -0.2) is 0 Å². The van der Waals surface area contributed by atoms with Gasteiger partial charge in [0.25, 0.3) is 0 Å². The Hall–Kier alpha value is -2.27. The van der Waals surface area contributed by atoms with Crippen molar-refractivity contribution in [1.29, 1.82) is 5.26 Å². The molecule has 0 spiro atoms. The molecule has 0 N–H and O–H groups in total. The Morgan fingerprint density at radius 2 is 1.68 bits per heavy atom. The fraction of sp³-hybridized carbons (Fsp3) is 0.235. The normalized spacial score (nSPS) is 10.1. The standard InChI is InChI=1S/C17H17NO/c1-11-7-12(2)14(4)17(8-11)19-16-6-5-15(10-18)13(3)9-16/h5-9H,1-4H3. The number of hydrogen-bond donors (Lipinski definition) is 0. The van der Waals surface area contributed by atoms with Crippen molar-refractivity contribution in [3.63, 3.8) is 0 Å². The van der Waals surface area contributed by atoms with Crippen LogP contribution in [0.3, 0.4) is 0 Å². The molecule has 2 heteroatoms. The second-order valence-corrected chi connectivity index (χ2v) is 4.90. The minimum Gasteiger partial charge on any atom is -0.457 e. The van der Waals surface area contributed by atoms with Gasteiger partial charge in [-0.15, -0.1) is 0 Å². The van der Waals surface area contributed by atoms with E-state index in [1.54, 1.807) is 6.07 Å². The van der Waals surface area contributed by atoms with E-state index in [0.717, 1.165) is 22.6 Å². The topological polar surface area (TPSA) is 33.0 Å². The van der Waals surface area contributed by atoms with Crippen LogP contribution in [0.25, 0.3) is 0 Å². The molecule has 19 heavy (non-hydrogen) atoms. The molecule has 0 aliphatic heterocycles. The first-order chi connectivity index (χ1) is 9.01. The van der Waals surface area contributed by atoms with E-state index in [-0.39, 0.29) is 0 Å². The van der Waals surface area contributed by atoms with Gasteiger partial charge in [0.15, 0.2) is 0 Å². The summed E-state index contributed by atoms with van der Waals surface area (Å²) in [5.41, 5.74) is 5.17. The van der Waals surface area contributed by atoms with E-state index in [2.05, 4.69) is 32.9 Å². The number of rotatable bonds is 2. The highest BCUT2D eigenvalue weighted by atomic mass is 16.5. The molecule has 96 valence electrons. The van der Waals surface area contributed by atoms with Crippen molar-refractivity contribution in [2.75, 3.05) is 0 Å². The maximum absolute atomic E-state index is 8.93. The predicted molar refractivity (Wildman–Crippen MR) is 76.6 cm³/mol. The Morgan fingerprint density at radius 1 is 0.947 bits per heavy atom. The van der Waals surface area contributed by atoms with Crippen LogP contribution in [0.15, 0.2) is 30.3 Å². The Labute approximate surface area is 114 Å². The highest BCUT2D eigenvalue weighted by Gasteiger charge is 2.06. The molecular formula is C17H17NO. The minimum atomic E-state index is 0.685. The van der Waals surface area contributed by atoms with Crippen molar-refractivity contribution in [3.8, 4) is 17.6 Å². The largest absolute Gasteiger partial charge is 0.457 e. The lowest BCUT2D eigenvalue weighted by Crippen LogP contribution is -1.93. The first kappa shape index (κ1) is 13.2. The quantitative estimate of drug-likeness (QED) is 0.782. The van der Waals surface area contributed by atoms with Crippen LogP contribution in [-0.4, -0.2) is 0 Å². The van der Waals surface area contributed by atoms with Gasteiger partial charge in [0, 0.05) is 0 Å². The molecule has 0 fully saturated rings. The second-order valence-electron chi connectivity index (χ2n) is 4.90. The molecule has 2 rings (SSSR count). The third kappa shape index (κ3) is 2.77. The molecule has 0 amide bonds. The van der Waals surface area contributed by atoms with Gasteiger partial charge in [0.05, 0.1) is 11.6 Å². The van der Waals surface area contributed by atoms with Crippen molar-refractivity contribution < 1.29 is 4.74 Å². The van der Waals surface area contributed by atoms with Crippen LogP contribution in [-0.2, 0) is 0 Å². The van der Waals surface area contributed by atoms with Gasteiger partial charge >= 0.3 is 0 Å². The van der Waals surface area contributed by atoms with E-state index in [9.17, 15) is 0 Å². The average molecular weight is 251 g/mol. The minimum absolute atomic E-state index is 0.685. The average Bonchev–Trinajstić information content (AvgIpc) is 2.35. The van der Waals surface area contributed by atoms with E-state index in [1.165, 1.54) is 11.1 Å². The Kier molecular flexibility index (Phi) is 3.57. The van der Waals surface area contributed by atoms with Gasteiger partial charge in [-0.05, 0) is 74.2 Å². The number of aryl methyl sites for hydroxylation is 3. The van der Waals surface area contributed by atoms with E-state index >= 15 is 0 Å². The van der Waals surface area contributed by atoms with Crippen LogP contribution in [0.2, 0.25) is 0 Å². The molecule has 0 aliphatic rings. The summed E-state index contributed by atoms with van der Waals surface area (Å²) in [4.78, 5) is 0. The molecule has 0 unspecified atom stereocenters. The molecule has 2 aromatic carbocycles. The van der Waals surface area contributed by atoms with Crippen molar-refractivity contribution in [2.24, 2.45) is 0 Å². The third-order valence-corrected chi connectivity index (χ3v) is 3.31. The lowest BCUT2D eigenvalue weighted by molar-refractivity contribution is 0.477. The van der Waals surface area contributed by atoms with Crippen molar-refractivity contribution >= 4 is 0 Å². The summed E-state index contributed by atoms with van der Waals surface area (Å²) in [6, 6.07) is 11.9. The second kappa shape index (κ2) is 5.16. The predicted octanol–water partition coefficient (Wildman–Crippen LogP) is 4.58. The fourth-order valence-corrected chi connectivity index (χ4v) is 2.06. The molecule has 2 nitrogen and oxygen atoms in total. The van der Waals surface area contributed by atoms with Crippen molar-refractivity contribution in [2.45, 2.75) is 27.7 Å². The summed E-state index contributed by atoms with van der Waals surface area (Å²) >= 11 is 0. The third-order valence-electron chi connectivity index (χ3n) is 3.31. The summed E-state index contributed by atoms with van der Waals surface area (Å²) in [6.07, 6.45) is 0. The van der Waals surface area contributed by atoms with Crippen LogP contribution in [0.5, 0.6) is 11.5 Å². The molecule has 2 aromatic rings. The lowest BCUT2D eigenvalue weighted by Gasteiger charge is -2.12. The van der Waals surface area contributed by atoms with Crippen LogP contribution >= 0.6 is 0 Å². The number of ether oxygens (including phenoxy) is 1. The molecule has 0 aliphatic carbocycles. The highest BCUT2D eigenvalue weighted by Crippen LogP contribution is 2.29. The summed E-state index contributed by atoms with van der Waals surface area (Å²) < 4.78 is 5.94. The van der Waals surface area contributed by atoms with Crippen LogP contribution in [0.1, 0.15) is 27.8 Å². The zero-order valence-corrected chi connectivity index (χ0v) is 11.7. The molecule has 0 saturated carbocycles. The van der Waals surface area contributed by atoms with Gasteiger partial charge in [0.1, 0.15) is 11.5 Å². The van der Waals surface area contributed by atoms with Crippen LogP contribution < -0.4 is 4.74 Å². The Bertz CT molecular complexity index is 666. The van der Waals surface area contributed by atoms with Crippen molar-refractivity contribution in [1.82, 2.24) is 0 Å². The van der Waals surface area contributed by atoms with Crippen LogP contribution in [0, 0.1) is 39.0 Å². The summed E-state index contributed by atoms with van der Waals surface area (Å²) in [6.45, 7) is 8.11. The summed E-state index contributed by atoms with van der Waals surface area (Å²) in [7, 11) is 0. The summed E-state index contributed by atoms with van der Waals surface area (Å²) in [5.74, 6) is 1.64. The van der Waals surface area contributed by atoms with E-state index < -0.39 is 0 Å². The lowest BCUT2D eigenvalue weighted by atomic mass is 10.1. The van der Waals surface area contributed by atoms with Gasteiger partial charge in [0.2, 0.25) is 0 Å². The van der Waals surface area contributed by atoms with Gasteiger partial charge in [-0.3, -0.25) is 0 Å². The van der Waals surface area contributed by atoms with Gasteiger partial charge in [-0.1, -0.05) is 6.07 Å². The molecule has 0 radical (unpaired) electrons. The molecule has 0 heterocycles. The zero-order valence-electron chi connectivity index (χ0n) is 11.7. The van der Waals surface area contributed by atoms with E-state index in [0.29, 0.717) is 5.56 Å². The van der Waals surface area contributed by atoms with Gasteiger partial charge < -0.3 is 4.74 Å². The maximum Gasteiger partial charge on any atom is 0.130 e. The highest BCUT2D eigenvalue weighted by molar-refractivity contribution is 5.47. The monoisotopic (exact) mass is 251 g/mol. The van der Waals surface area contributed by atoms with Gasteiger partial charge in [-0.2, -0.15) is 5.26 Å². The van der Waals surface area contributed by atoms with E-state index in [1.807, 2.05) is 25.1 Å². The molecular weight excluding hydrogens is 234 g/mol. The molecule has 0 bridgehead atoms. The van der Waals surface area contributed by atoms with Crippen molar-refractivity contribution in [3.05, 3.63) is 58.1 Å².